The summed E-state index contributed by atoms with van der Waals surface area (Å²) in [6.07, 6.45) is 3.82. The molecule has 2 saturated heterocycles. The highest BCUT2D eigenvalue weighted by molar-refractivity contribution is 7.99. The van der Waals surface area contributed by atoms with Crippen molar-refractivity contribution in [2.24, 2.45) is 0 Å². The van der Waals surface area contributed by atoms with Crippen LogP contribution in [-0.2, 0) is 9.59 Å². The molecule has 2 aliphatic heterocycles. The van der Waals surface area contributed by atoms with Crippen LogP contribution in [0, 0.1) is 0 Å². The van der Waals surface area contributed by atoms with E-state index in [-0.39, 0.29) is 28.6 Å². The topological polar surface area (TPSA) is 40.6 Å². The molecule has 0 spiro atoms. The van der Waals surface area contributed by atoms with Gasteiger partial charge in [-0.3, -0.25) is 9.59 Å². The van der Waals surface area contributed by atoms with Crippen LogP contribution < -0.4 is 0 Å². The Kier molecular flexibility index (Phi) is 3.63. The van der Waals surface area contributed by atoms with Gasteiger partial charge in [0.25, 0.3) is 0 Å². The number of carbonyl (C=O) groups excluding carboxylic acids is 2. The Morgan fingerprint density at radius 1 is 1.33 bits per heavy atom. The molecule has 0 saturated carbocycles. The zero-order valence-electron chi connectivity index (χ0n) is 11.6. The van der Waals surface area contributed by atoms with E-state index < -0.39 is 0 Å². The first-order valence-corrected chi connectivity index (χ1v) is 7.76. The third-order valence-corrected chi connectivity index (χ3v) is 5.27. The Morgan fingerprint density at radius 3 is 2.61 bits per heavy atom. The molecule has 0 bridgehead atoms. The molecule has 2 rings (SSSR count). The van der Waals surface area contributed by atoms with Crippen molar-refractivity contribution in [2.75, 3.05) is 19.3 Å². The molecule has 0 aromatic carbocycles. The zero-order chi connectivity index (χ0) is 13.5. The third-order valence-electron chi connectivity index (χ3n) is 4.03. The summed E-state index contributed by atoms with van der Waals surface area (Å²) in [5.41, 5.74) is 0. The van der Waals surface area contributed by atoms with Gasteiger partial charge in [0.05, 0.1) is 0 Å². The largest absolute Gasteiger partial charge is 0.329 e. The van der Waals surface area contributed by atoms with Crippen molar-refractivity contribution in [1.29, 1.82) is 0 Å². The Labute approximate surface area is 113 Å². The number of nitrogens with zero attached hydrogens (tertiary/aromatic N) is 2. The number of carbonyl (C=O) groups is 2. The molecule has 2 aliphatic rings. The number of amides is 2. The highest BCUT2D eigenvalue weighted by atomic mass is 32.2. The van der Waals surface area contributed by atoms with Gasteiger partial charge in [-0.1, -0.05) is 0 Å². The standard InChI is InChI=1S/C13H22N2O2S/c1-9-11(16)14-7-5-6-10(14)12(17)15(9)8-13(2,3)18-4/h9-10H,5-8H2,1-4H3. The summed E-state index contributed by atoms with van der Waals surface area (Å²) in [6, 6.07) is -0.496. The van der Waals surface area contributed by atoms with E-state index in [4.69, 9.17) is 0 Å². The first-order chi connectivity index (χ1) is 8.37. The number of hydrogen-bond acceptors (Lipinski definition) is 3. The number of thioether (sulfide) groups is 1. The maximum absolute atomic E-state index is 12.5. The molecule has 2 unspecified atom stereocenters. The fourth-order valence-electron chi connectivity index (χ4n) is 2.73. The monoisotopic (exact) mass is 270 g/mol. The summed E-state index contributed by atoms with van der Waals surface area (Å²) in [6.45, 7) is 7.47. The fourth-order valence-corrected chi connectivity index (χ4v) is 3.00. The van der Waals surface area contributed by atoms with E-state index in [0.717, 1.165) is 19.4 Å². The van der Waals surface area contributed by atoms with Crippen LogP contribution in [0.3, 0.4) is 0 Å². The van der Waals surface area contributed by atoms with Crippen molar-refractivity contribution < 1.29 is 9.59 Å². The van der Waals surface area contributed by atoms with Crippen LogP contribution in [0.15, 0.2) is 0 Å². The number of hydrogen-bond donors (Lipinski definition) is 0. The van der Waals surface area contributed by atoms with Gasteiger partial charge in [0, 0.05) is 17.8 Å². The van der Waals surface area contributed by atoms with E-state index >= 15 is 0 Å². The molecule has 2 heterocycles. The van der Waals surface area contributed by atoms with Crippen LogP contribution >= 0.6 is 11.8 Å². The van der Waals surface area contributed by atoms with E-state index in [1.807, 2.05) is 13.2 Å². The number of piperazine rings is 1. The second-order valence-electron chi connectivity index (χ2n) is 5.80. The summed E-state index contributed by atoms with van der Waals surface area (Å²) < 4.78 is -0.00895. The molecule has 0 N–H and O–H groups in total. The number of fused-ring (bicyclic) bond motifs is 1. The first kappa shape index (κ1) is 13.7. The molecule has 0 radical (unpaired) electrons. The third kappa shape index (κ3) is 2.25. The second-order valence-corrected chi connectivity index (χ2v) is 7.31. The van der Waals surface area contributed by atoms with Crippen LogP contribution in [0.4, 0.5) is 0 Å². The first-order valence-electron chi connectivity index (χ1n) is 6.53. The molecule has 102 valence electrons. The lowest BCUT2D eigenvalue weighted by atomic mass is 10.0. The summed E-state index contributed by atoms with van der Waals surface area (Å²) >= 11 is 1.73. The quantitative estimate of drug-likeness (QED) is 0.777. The van der Waals surface area contributed by atoms with Crippen molar-refractivity contribution in [2.45, 2.75) is 50.4 Å². The molecule has 2 amide bonds. The van der Waals surface area contributed by atoms with Gasteiger partial charge in [-0.2, -0.15) is 11.8 Å². The highest BCUT2D eigenvalue weighted by Crippen LogP contribution is 2.30. The van der Waals surface area contributed by atoms with E-state index in [9.17, 15) is 9.59 Å². The Bertz CT molecular complexity index is 370. The van der Waals surface area contributed by atoms with E-state index in [0.29, 0.717) is 6.54 Å². The van der Waals surface area contributed by atoms with Crippen LogP contribution in [0.1, 0.15) is 33.6 Å². The van der Waals surface area contributed by atoms with Gasteiger partial charge in [-0.15, -0.1) is 0 Å². The van der Waals surface area contributed by atoms with Crippen LogP contribution in [-0.4, -0.2) is 57.8 Å². The lowest BCUT2D eigenvalue weighted by Gasteiger charge is -2.43. The van der Waals surface area contributed by atoms with Crippen molar-refractivity contribution >= 4 is 23.6 Å². The molecule has 2 atom stereocenters. The summed E-state index contributed by atoms with van der Waals surface area (Å²) in [5.74, 6) is 0.260. The average Bonchev–Trinajstić information content (AvgIpc) is 2.81. The molecule has 5 heteroatoms. The van der Waals surface area contributed by atoms with E-state index in [2.05, 4.69) is 13.8 Å². The fraction of sp³-hybridized carbons (Fsp3) is 0.846. The summed E-state index contributed by atoms with van der Waals surface area (Å²) in [5, 5.41) is 0. The minimum absolute atomic E-state index is 0.00895. The summed E-state index contributed by atoms with van der Waals surface area (Å²) in [4.78, 5) is 28.3. The maximum atomic E-state index is 12.5. The Morgan fingerprint density at radius 2 is 2.00 bits per heavy atom. The van der Waals surface area contributed by atoms with Gasteiger partial charge in [0.15, 0.2) is 0 Å². The zero-order valence-corrected chi connectivity index (χ0v) is 12.4. The highest BCUT2D eigenvalue weighted by Gasteiger charge is 2.46. The van der Waals surface area contributed by atoms with Crippen LogP contribution in [0.25, 0.3) is 0 Å². The summed E-state index contributed by atoms with van der Waals surface area (Å²) in [7, 11) is 0. The maximum Gasteiger partial charge on any atom is 0.246 e. The van der Waals surface area contributed by atoms with E-state index in [1.165, 1.54) is 0 Å². The Balaban J connectivity index is 2.19. The predicted octanol–water partition coefficient (Wildman–Crippen LogP) is 1.35. The van der Waals surface area contributed by atoms with Crippen molar-refractivity contribution in [3.8, 4) is 0 Å². The average molecular weight is 270 g/mol. The van der Waals surface area contributed by atoms with Gasteiger partial charge in [-0.25, -0.2) is 0 Å². The molecular weight excluding hydrogens is 248 g/mol. The van der Waals surface area contributed by atoms with Crippen LogP contribution in [0.2, 0.25) is 0 Å². The lowest BCUT2D eigenvalue weighted by molar-refractivity contribution is -0.158. The van der Waals surface area contributed by atoms with Gasteiger partial charge < -0.3 is 9.80 Å². The minimum atomic E-state index is -0.307. The lowest BCUT2D eigenvalue weighted by Crippen LogP contribution is -2.63. The molecule has 2 fully saturated rings. The van der Waals surface area contributed by atoms with Gasteiger partial charge in [-0.05, 0) is 39.9 Å². The van der Waals surface area contributed by atoms with Crippen molar-refractivity contribution in [1.82, 2.24) is 9.80 Å². The molecule has 0 aliphatic carbocycles. The van der Waals surface area contributed by atoms with Gasteiger partial charge in [0.2, 0.25) is 11.8 Å². The number of rotatable bonds is 3. The van der Waals surface area contributed by atoms with Crippen molar-refractivity contribution in [3.63, 3.8) is 0 Å². The normalized spacial score (nSPS) is 28.9. The predicted molar refractivity (Wildman–Crippen MR) is 73.5 cm³/mol. The SMILES string of the molecule is CSC(C)(C)CN1C(=O)C2CCCN2C(=O)C1C. The molecule has 18 heavy (non-hydrogen) atoms. The van der Waals surface area contributed by atoms with Crippen molar-refractivity contribution in [3.05, 3.63) is 0 Å². The smallest absolute Gasteiger partial charge is 0.246 e. The molecule has 4 nitrogen and oxygen atoms in total. The van der Waals surface area contributed by atoms with Gasteiger partial charge in [0.1, 0.15) is 12.1 Å². The van der Waals surface area contributed by atoms with Crippen LogP contribution in [0.5, 0.6) is 0 Å². The Hall–Kier alpha value is -0.710. The second kappa shape index (κ2) is 4.76. The molecule has 0 aromatic heterocycles. The van der Waals surface area contributed by atoms with Gasteiger partial charge >= 0.3 is 0 Å². The molecule has 0 aromatic rings. The molecular formula is C13H22N2O2S. The van der Waals surface area contributed by atoms with E-state index in [1.54, 1.807) is 21.6 Å². The minimum Gasteiger partial charge on any atom is -0.329 e.